The molecule has 0 radical (unpaired) electrons. The van der Waals surface area contributed by atoms with Crippen molar-refractivity contribution in [2.24, 2.45) is 0 Å². The molecule has 0 bridgehead atoms. The van der Waals surface area contributed by atoms with Crippen LogP contribution in [0.25, 0.3) is 11.0 Å². The molecule has 9 heteroatoms. The number of ether oxygens (including phenoxy) is 1. The first-order valence-corrected chi connectivity index (χ1v) is 12.4. The van der Waals surface area contributed by atoms with E-state index >= 15 is 0 Å². The summed E-state index contributed by atoms with van der Waals surface area (Å²) in [7, 11) is -3.30. The van der Waals surface area contributed by atoms with Gasteiger partial charge >= 0.3 is 0 Å². The molecule has 1 N–H and O–H groups in total. The fourth-order valence-corrected chi connectivity index (χ4v) is 4.12. The molecule has 0 aliphatic carbocycles. The minimum atomic E-state index is -3.30. The van der Waals surface area contributed by atoms with Crippen LogP contribution >= 0.6 is 0 Å². The highest BCUT2D eigenvalue weighted by Gasteiger charge is 2.17. The minimum Gasteiger partial charge on any atom is -0.487 e. The SMILES string of the molecule is CS(=O)(=O)Cc1nc2ccccc2n1CC(=O)NCc1cccc(OCc2ccccn2)c1. The van der Waals surface area contributed by atoms with Crippen LogP contribution in [0.1, 0.15) is 17.1 Å². The summed E-state index contributed by atoms with van der Waals surface area (Å²) in [5.41, 5.74) is 3.08. The molecule has 2 heterocycles. The first-order valence-electron chi connectivity index (χ1n) is 10.4. The van der Waals surface area contributed by atoms with E-state index in [-0.39, 0.29) is 18.2 Å². The van der Waals surface area contributed by atoms with Crippen molar-refractivity contribution in [2.75, 3.05) is 6.26 Å². The topological polar surface area (TPSA) is 103 Å². The summed E-state index contributed by atoms with van der Waals surface area (Å²) >= 11 is 0. The molecule has 0 unspecified atom stereocenters. The molecule has 8 nitrogen and oxygen atoms in total. The van der Waals surface area contributed by atoms with E-state index in [0.29, 0.717) is 30.2 Å². The standard InChI is InChI=1S/C24H24N4O4S/c1-33(30,31)17-23-27-21-10-2-3-11-22(21)28(23)15-24(29)26-14-18-7-6-9-20(13-18)32-16-19-8-4-5-12-25-19/h2-13H,14-17H2,1H3,(H,26,29). The number of pyridine rings is 1. The second-order valence-electron chi connectivity index (χ2n) is 7.71. The third kappa shape index (κ3) is 6.17. The third-order valence-electron chi connectivity index (χ3n) is 4.93. The van der Waals surface area contributed by atoms with Gasteiger partial charge in [0, 0.05) is 19.0 Å². The van der Waals surface area contributed by atoms with Crippen molar-refractivity contribution in [3.8, 4) is 5.75 Å². The molecule has 0 spiro atoms. The quantitative estimate of drug-likeness (QED) is 0.409. The lowest BCUT2D eigenvalue weighted by Crippen LogP contribution is -2.28. The number of benzene rings is 2. The molecule has 0 aliphatic heterocycles. The van der Waals surface area contributed by atoms with Gasteiger partial charge in [0.05, 0.1) is 16.7 Å². The molecule has 0 saturated carbocycles. The summed E-state index contributed by atoms with van der Waals surface area (Å²) in [6.07, 6.45) is 2.87. The van der Waals surface area contributed by atoms with E-state index in [9.17, 15) is 13.2 Å². The number of nitrogens with zero attached hydrogens (tertiary/aromatic N) is 3. The van der Waals surface area contributed by atoms with Gasteiger partial charge in [-0.15, -0.1) is 0 Å². The summed E-state index contributed by atoms with van der Waals surface area (Å²) in [5.74, 6) is 0.555. The monoisotopic (exact) mass is 464 g/mol. The van der Waals surface area contributed by atoms with Crippen molar-refractivity contribution >= 4 is 26.8 Å². The summed E-state index contributed by atoms with van der Waals surface area (Å²) in [6, 6.07) is 20.4. The van der Waals surface area contributed by atoms with Crippen LogP contribution in [-0.4, -0.2) is 35.1 Å². The number of aromatic nitrogens is 3. The van der Waals surface area contributed by atoms with Gasteiger partial charge in [-0.2, -0.15) is 0 Å². The van der Waals surface area contributed by atoms with Crippen molar-refractivity contribution < 1.29 is 17.9 Å². The fraction of sp³-hybridized carbons (Fsp3) is 0.208. The van der Waals surface area contributed by atoms with Crippen LogP contribution in [0.15, 0.2) is 72.9 Å². The smallest absolute Gasteiger partial charge is 0.240 e. The molecule has 4 aromatic rings. The normalized spacial score (nSPS) is 11.4. The maximum Gasteiger partial charge on any atom is 0.240 e. The van der Waals surface area contributed by atoms with Crippen LogP contribution in [-0.2, 0) is 40.1 Å². The number of carbonyl (C=O) groups is 1. The Morgan fingerprint density at radius 3 is 2.67 bits per heavy atom. The molecule has 33 heavy (non-hydrogen) atoms. The number of hydrogen-bond donors (Lipinski definition) is 1. The summed E-state index contributed by atoms with van der Waals surface area (Å²) < 4.78 is 31.1. The highest BCUT2D eigenvalue weighted by molar-refractivity contribution is 7.89. The highest BCUT2D eigenvalue weighted by atomic mass is 32.2. The Hall–Kier alpha value is -3.72. The van der Waals surface area contributed by atoms with Crippen LogP contribution in [0.4, 0.5) is 0 Å². The van der Waals surface area contributed by atoms with Gasteiger partial charge in [0.1, 0.15) is 30.5 Å². The van der Waals surface area contributed by atoms with E-state index in [4.69, 9.17) is 4.74 Å². The van der Waals surface area contributed by atoms with Gasteiger partial charge in [-0.25, -0.2) is 13.4 Å². The van der Waals surface area contributed by atoms with E-state index in [2.05, 4.69) is 15.3 Å². The average molecular weight is 465 g/mol. The largest absolute Gasteiger partial charge is 0.487 e. The number of carbonyl (C=O) groups excluding carboxylic acids is 1. The minimum absolute atomic E-state index is 0.0266. The number of para-hydroxylation sites is 2. The Balaban J connectivity index is 1.41. The van der Waals surface area contributed by atoms with Crippen molar-refractivity contribution in [1.29, 1.82) is 0 Å². The predicted molar refractivity (Wildman–Crippen MR) is 125 cm³/mol. The number of fused-ring (bicyclic) bond motifs is 1. The zero-order chi connectivity index (χ0) is 23.3. The number of nitrogens with one attached hydrogen (secondary N) is 1. The number of sulfone groups is 1. The Morgan fingerprint density at radius 1 is 1.06 bits per heavy atom. The maximum atomic E-state index is 12.7. The summed E-state index contributed by atoms with van der Waals surface area (Å²) in [5, 5.41) is 2.89. The van der Waals surface area contributed by atoms with Crippen molar-refractivity contribution in [2.45, 2.75) is 25.4 Å². The molecule has 4 rings (SSSR count). The van der Waals surface area contributed by atoms with Crippen molar-refractivity contribution in [3.05, 3.63) is 90.0 Å². The van der Waals surface area contributed by atoms with Crippen LogP contribution in [0.2, 0.25) is 0 Å². The fourth-order valence-electron chi connectivity index (χ4n) is 3.43. The second-order valence-corrected chi connectivity index (χ2v) is 9.85. The van der Waals surface area contributed by atoms with E-state index in [0.717, 1.165) is 23.0 Å². The molecule has 2 aromatic heterocycles. The molecule has 0 aliphatic rings. The van der Waals surface area contributed by atoms with Crippen LogP contribution in [0.3, 0.4) is 0 Å². The Labute approximate surface area is 192 Å². The molecular formula is C24H24N4O4S. The number of imidazole rings is 1. The lowest BCUT2D eigenvalue weighted by molar-refractivity contribution is -0.121. The zero-order valence-electron chi connectivity index (χ0n) is 18.1. The van der Waals surface area contributed by atoms with Crippen LogP contribution in [0, 0.1) is 0 Å². The van der Waals surface area contributed by atoms with Gasteiger partial charge in [-0.1, -0.05) is 30.3 Å². The molecule has 1 amide bonds. The summed E-state index contributed by atoms with van der Waals surface area (Å²) in [6.45, 7) is 0.641. The second kappa shape index (κ2) is 9.83. The Kier molecular flexibility index (Phi) is 6.69. The molecular weight excluding hydrogens is 440 g/mol. The molecule has 2 aromatic carbocycles. The van der Waals surface area contributed by atoms with E-state index < -0.39 is 9.84 Å². The van der Waals surface area contributed by atoms with Gasteiger partial charge in [-0.3, -0.25) is 9.78 Å². The van der Waals surface area contributed by atoms with Gasteiger partial charge in [-0.05, 0) is 42.0 Å². The van der Waals surface area contributed by atoms with Gasteiger partial charge < -0.3 is 14.6 Å². The number of amides is 1. The highest BCUT2D eigenvalue weighted by Crippen LogP contribution is 2.18. The summed E-state index contributed by atoms with van der Waals surface area (Å²) in [4.78, 5) is 21.3. The molecule has 0 atom stereocenters. The van der Waals surface area contributed by atoms with Gasteiger partial charge in [0.2, 0.25) is 5.91 Å². The maximum absolute atomic E-state index is 12.7. The average Bonchev–Trinajstić information content (AvgIpc) is 3.12. The lowest BCUT2D eigenvalue weighted by Gasteiger charge is -2.11. The first kappa shape index (κ1) is 22.5. The van der Waals surface area contributed by atoms with E-state index in [1.165, 1.54) is 0 Å². The Morgan fingerprint density at radius 2 is 1.88 bits per heavy atom. The third-order valence-corrected chi connectivity index (χ3v) is 5.71. The van der Waals surface area contributed by atoms with Gasteiger partial charge in [0.25, 0.3) is 0 Å². The molecule has 0 fully saturated rings. The lowest BCUT2D eigenvalue weighted by atomic mass is 10.2. The van der Waals surface area contributed by atoms with Gasteiger partial charge in [0.15, 0.2) is 9.84 Å². The van der Waals surface area contributed by atoms with Crippen molar-refractivity contribution in [1.82, 2.24) is 19.9 Å². The molecule has 0 saturated heterocycles. The number of rotatable bonds is 9. The Bertz CT molecular complexity index is 1370. The van der Waals surface area contributed by atoms with Crippen LogP contribution < -0.4 is 10.1 Å². The van der Waals surface area contributed by atoms with Crippen molar-refractivity contribution in [3.63, 3.8) is 0 Å². The number of hydrogen-bond acceptors (Lipinski definition) is 6. The van der Waals surface area contributed by atoms with Crippen LogP contribution in [0.5, 0.6) is 5.75 Å². The van der Waals surface area contributed by atoms with E-state index in [1.807, 2.05) is 60.7 Å². The zero-order valence-corrected chi connectivity index (χ0v) is 19.0. The molecule has 170 valence electrons. The van der Waals surface area contributed by atoms with E-state index in [1.54, 1.807) is 16.8 Å². The predicted octanol–water partition coefficient (Wildman–Crippen LogP) is 2.87. The first-order chi connectivity index (χ1) is 15.9.